The maximum atomic E-state index is 12.1. The van der Waals surface area contributed by atoms with Crippen LogP contribution in [-0.2, 0) is 4.74 Å². The zero-order valence-electron chi connectivity index (χ0n) is 12.5. The summed E-state index contributed by atoms with van der Waals surface area (Å²) < 4.78 is 5.49. The first-order valence-corrected chi connectivity index (χ1v) is 8.28. The number of amides is 1. The molecule has 1 aliphatic rings. The van der Waals surface area contributed by atoms with Crippen molar-refractivity contribution in [2.24, 2.45) is 0 Å². The van der Waals surface area contributed by atoms with Crippen LogP contribution < -0.4 is 10.6 Å². The Balaban J connectivity index is 1.58. The Morgan fingerprint density at radius 1 is 1.45 bits per heavy atom. The van der Waals surface area contributed by atoms with Gasteiger partial charge in [0.1, 0.15) is 5.69 Å². The molecule has 5 nitrogen and oxygen atoms in total. The Morgan fingerprint density at radius 2 is 2.32 bits per heavy atom. The van der Waals surface area contributed by atoms with E-state index >= 15 is 0 Å². The highest BCUT2D eigenvalue weighted by molar-refractivity contribution is 7.14. The number of benzene rings is 1. The smallest absolute Gasteiger partial charge is 0.270 e. The van der Waals surface area contributed by atoms with Crippen LogP contribution in [0.3, 0.4) is 0 Å². The van der Waals surface area contributed by atoms with E-state index in [9.17, 15) is 4.79 Å². The summed E-state index contributed by atoms with van der Waals surface area (Å²) in [6.45, 7) is 3.38. The van der Waals surface area contributed by atoms with Gasteiger partial charge in [-0.05, 0) is 31.4 Å². The third-order valence-corrected chi connectivity index (χ3v) is 4.40. The number of hydrogen-bond acceptors (Lipinski definition) is 5. The number of anilines is 2. The van der Waals surface area contributed by atoms with Gasteiger partial charge in [-0.3, -0.25) is 4.79 Å². The first-order chi connectivity index (χ1) is 10.7. The summed E-state index contributed by atoms with van der Waals surface area (Å²) in [6.07, 6.45) is 2.23. The molecule has 2 N–H and O–H groups in total. The van der Waals surface area contributed by atoms with Gasteiger partial charge in [0.2, 0.25) is 0 Å². The lowest BCUT2D eigenvalue weighted by Gasteiger charge is -2.09. The summed E-state index contributed by atoms with van der Waals surface area (Å²) in [5.74, 6) is -0.149. The van der Waals surface area contributed by atoms with Gasteiger partial charge in [-0.1, -0.05) is 18.2 Å². The number of carbonyl (C=O) groups excluding carboxylic acids is 1. The van der Waals surface area contributed by atoms with Gasteiger partial charge in [0.05, 0.1) is 6.10 Å². The summed E-state index contributed by atoms with van der Waals surface area (Å²) >= 11 is 1.43. The summed E-state index contributed by atoms with van der Waals surface area (Å²) in [7, 11) is 0. The van der Waals surface area contributed by atoms with Crippen LogP contribution in [0.2, 0.25) is 0 Å². The molecule has 0 radical (unpaired) electrons. The SMILES string of the molecule is Cc1ccccc1Nc1nc(C(=O)NC[C@H]2CCCO2)cs1. The minimum Gasteiger partial charge on any atom is -0.376 e. The number of nitrogens with one attached hydrogen (secondary N) is 2. The molecule has 1 aromatic carbocycles. The lowest BCUT2D eigenvalue weighted by Crippen LogP contribution is -2.31. The van der Waals surface area contributed by atoms with Crippen LogP contribution >= 0.6 is 11.3 Å². The summed E-state index contributed by atoms with van der Waals surface area (Å²) in [5.41, 5.74) is 2.59. The zero-order valence-corrected chi connectivity index (χ0v) is 13.3. The van der Waals surface area contributed by atoms with Crippen LogP contribution in [0.1, 0.15) is 28.9 Å². The van der Waals surface area contributed by atoms with Crippen molar-refractivity contribution in [1.82, 2.24) is 10.3 Å². The van der Waals surface area contributed by atoms with E-state index in [4.69, 9.17) is 4.74 Å². The molecule has 1 atom stereocenters. The van der Waals surface area contributed by atoms with E-state index in [0.717, 1.165) is 35.8 Å². The Kier molecular flexibility index (Phi) is 4.70. The highest BCUT2D eigenvalue weighted by Gasteiger charge is 2.17. The quantitative estimate of drug-likeness (QED) is 0.889. The van der Waals surface area contributed by atoms with Gasteiger partial charge in [-0.25, -0.2) is 4.98 Å². The van der Waals surface area contributed by atoms with E-state index in [1.165, 1.54) is 11.3 Å². The van der Waals surface area contributed by atoms with E-state index in [-0.39, 0.29) is 12.0 Å². The lowest BCUT2D eigenvalue weighted by atomic mass is 10.2. The van der Waals surface area contributed by atoms with Crippen LogP contribution in [0, 0.1) is 6.92 Å². The number of thiazole rings is 1. The first-order valence-electron chi connectivity index (χ1n) is 7.40. The van der Waals surface area contributed by atoms with Crippen LogP contribution in [0.15, 0.2) is 29.6 Å². The number of aryl methyl sites for hydroxylation is 1. The van der Waals surface area contributed by atoms with Crippen molar-refractivity contribution in [3.8, 4) is 0 Å². The average Bonchev–Trinajstić information content (AvgIpc) is 3.19. The van der Waals surface area contributed by atoms with Gasteiger partial charge >= 0.3 is 0 Å². The molecular weight excluding hydrogens is 298 g/mol. The predicted octanol–water partition coefficient (Wildman–Crippen LogP) is 3.10. The minimum absolute atomic E-state index is 0.146. The molecule has 0 bridgehead atoms. The fourth-order valence-electron chi connectivity index (χ4n) is 2.37. The topological polar surface area (TPSA) is 63.2 Å². The van der Waals surface area contributed by atoms with Crippen molar-refractivity contribution >= 4 is 28.1 Å². The molecule has 0 unspecified atom stereocenters. The van der Waals surface area contributed by atoms with Crippen LogP contribution in [0.25, 0.3) is 0 Å². The van der Waals surface area contributed by atoms with Crippen LogP contribution in [0.4, 0.5) is 10.8 Å². The van der Waals surface area contributed by atoms with E-state index in [2.05, 4.69) is 15.6 Å². The first kappa shape index (κ1) is 15.0. The molecule has 6 heteroatoms. The number of hydrogen-bond donors (Lipinski definition) is 2. The molecule has 116 valence electrons. The van der Waals surface area contributed by atoms with Crippen molar-refractivity contribution in [2.45, 2.75) is 25.9 Å². The van der Waals surface area contributed by atoms with Gasteiger partial charge in [-0.15, -0.1) is 11.3 Å². The molecule has 1 aromatic heterocycles. The molecule has 0 saturated carbocycles. The van der Waals surface area contributed by atoms with E-state index in [1.54, 1.807) is 5.38 Å². The fraction of sp³-hybridized carbons (Fsp3) is 0.375. The third kappa shape index (κ3) is 3.64. The second-order valence-corrected chi connectivity index (χ2v) is 6.18. The Bertz CT molecular complexity index is 650. The monoisotopic (exact) mass is 317 g/mol. The number of para-hydroxylation sites is 1. The molecule has 1 aliphatic heterocycles. The van der Waals surface area contributed by atoms with Gasteiger partial charge in [0, 0.05) is 24.2 Å². The van der Waals surface area contributed by atoms with Gasteiger partial charge < -0.3 is 15.4 Å². The molecule has 0 aliphatic carbocycles. The van der Waals surface area contributed by atoms with E-state index in [1.807, 2.05) is 31.2 Å². The van der Waals surface area contributed by atoms with Crippen molar-refractivity contribution in [3.05, 3.63) is 40.9 Å². The summed E-state index contributed by atoms with van der Waals surface area (Å²) in [6, 6.07) is 7.99. The molecule has 1 amide bonds. The maximum Gasteiger partial charge on any atom is 0.270 e. The normalized spacial score (nSPS) is 17.4. The largest absolute Gasteiger partial charge is 0.376 e. The van der Waals surface area contributed by atoms with Gasteiger partial charge in [0.15, 0.2) is 5.13 Å². The summed E-state index contributed by atoms with van der Waals surface area (Å²) in [4.78, 5) is 16.4. The van der Waals surface area contributed by atoms with Crippen LogP contribution in [-0.4, -0.2) is 30.1 Å². The Morgan fingerprint density at radius 3 is 3.09 bits per heavy atom. The zero-order chi connectivity index (χ0) is 15.4. The predicted molar refractivity (Wildman–Crippen MR) is 87.9 cm³/mol. The number of aromatic nitrogens is 1. The lowest BCUT2D eigenvalue weighted by molar-refractivity contribution is 0.0854. The fourth-order valence-corrected chi connectivity index (χ4v) is 3.07. The number of rotatable bonds is 5. The molecule has 3 rings (SSSR count). The number of ether oxygens (including phenoxy) is 1. The minimum atomic E-state index is -0.149. The maximum absolute atomic E-state index is 12.1. The molecule has 0 spiro atoms. The molecule has 22 heavy (non-hydrogen) atoms. The van der Waals surface area contributed by atoms with Gasteiger partial charge in [-0.2, -0.15) is 0 Å². The molecule has 1 fully saturated rings. The van der Waals surface area contributed by atoms with E-state index in [0.29, 0.717) is 12.2 Å². The summed E-state index contributed by atoms with van der Waals surface area (Å²) in [5, 5.41) is 8.62. The Labute approximate surface area is 133 Å². The molecule has 2 heterocycles. The third-order valence-electron chi connectivity index (χ3n) is 3.64. The Hall–Kier alpha value is -1.92. The van der Waals surface area contributed by atoms with Gasteiger partial charge in [0.25, 0.3) is 5.91 Å². The standard InChI is InChI=1S/C16H19N3O2S/c1-11-5-2-3-7-13(11)18-16-19-14(10-22-16)15(20)17-9-12-6-4-8-21-12/h2-3,5,7,10,12H,4,6,8-9H2,1H3,(H,17,20)(H,18,19)/t12-/m1/s1. The van der Waals surface area contributed by atoms with Crippen molar-refractivity contribution < 1.29 is 9.53 Å². The van der Waals surface area contributed by atoms with Crippen molar-refractivity contribution in [2.75, 3.05) is 18.5 Å². The number of nitrogens with zero attached hydrogens (tertiary/aromatic N) is 1. The highest BCUT2D eigenvalue weighted by atomic mass is 32.1. The van der Waals surface area contributed by atoms with Crippen molar-refractivity contribution in [3.63, 3.8) is 0 Å². The molecular formula is C16H19N3O2S. The van der Waals surface area contributed by atoms with E-state index < -0.39 is 0 Å². The average molecular weight is 317 g/mol. The second-order valence-electron chi connectivity index (χ2n) is 5.32. The van der Waals surface area contributed by atoms with Crippen LogP contribution in [0.5, 0.6) is 0 Å². The second kappa shape index (κ2) is 6.89. The van der Waals surface area contributed by atoms with Crippen molar-refractivity contribution in [1.29, 1.82) is 0 Å². The molecule has 1 saturated heterocycles. The molecule has 2 aromatic rings. The highest BCUT2D eigenvalue weighted by Crippen LogP contribution is 2.23. The number of carbonyl (C=O) groups is 1.